The number of aromatic nitrogens is 3. The molecule has 4 aromatic rings. The van der Waals surface area contributed by atoms with Gasteiger partial charge in [-0.3, -0.25) is 9.20 Å². The van der Waals surface area contributed by atoms with Crippen molar-refractivity contribution in [3.63, 3.8) is 0 Å². The number of amides is 1. The van der Waals surface area contributed by atoms with Crippen LogP contribution in [0.15, 0.2) is 42.6 Å². The zero-order valence-electron chi connectivity index (χ0n) is 19.8. The van der Waals surface area contributed by atoms with Gasteiger partial charge in [-0.25, -0.2) is 9.97 Å². The van der Waals surface area contributed by atoms with E-state index in [1.54, 1.807) is 18.2 Å². The first-order chi connectivity index (χ1) is 16.8. The number of aryl methyl sites for hydroxylation is 1. The standard InChI is InChI=1S/C23H22F3N5OS.C2H6/c1-13-27-17-5-2-4-16(21(17)33-13)22(32)29-15-10-8-14(9-11-15)28-19-6-3-7-20-30-18(12-31(19)20)23(24,25)26;1-2/h2-7,12,14-15,28H,8-11H2,1H3,(H,29,32);1-2H3. The molecular weight excluding hydrogens is 475 g/mol. The molecule has 0 atom stereocenters. The molecule has 3 aromatic heterocycles. The van der Waals surface area contributed by atoms with E-state index in [4.69, 9.17) is 0 Å². The molecule has 2 N–H and O–H groups in total. The quantitative estimate of drug-likeness (QED) is 0.336. The summed E-state index contributed by atoms with van der Waals surface area (Å²) in [5, 5.41) is 7.42. The number of fused-ring (bicyclic) bond motifs is 2. The highest BCUT2D eigenvalue weighted by atomic mass is 32.1. The maximum absolute atomic E-state index is 13.0. The molecule has 0 unspecified atom stereocenters. The van der Waals surface area contributed by atoms with E-state index >= 15 is 0 Å². The summed E-state index contributed by atoms with van der Waals surface area (Å²) >= 11 is 1.52. The third-order valence-electron chi connectivity index (χ3n) is 5.96. The molecule has 3 heterocycles. The molecule has 1 aliphatic rings. The minimum absolute atomic E-state index is 0.0562. The minimum atomic E-state index is -4.48. The Bertz CT molecular complexity index is 1320. The molecule has 0 radical (unpaired) electrons. The van der Waals surface area contributed by atoms with Gasteiger partial charge in [-0.2, -0.15) is 13.2 Å². The zero-order valence-corrected chi connectivity index (χ0v) is 20.6. The van der Waals surface area contributed by atoms with Gasteiger partial charge >= 0.3 is 6.18 Å². The molecule has 0 saturated heterocycles. The van der Waals surface area contributed by atoms with Crippen molar-refractivity contribution >= 4 is 38.9 Å². The molecule has 0 aliphatic heterocycles. The Morgan fingerprint density at radius 2 is 1.71 bits per heavy atom. The number of imidazole rings is 1. The Morgan fingerprint density at radius 1 is 1.03 bits per heavy atom. The number of anilines is 1. The molecule has 0 bridgehead atoms. The number of carbonyl (C=O) groups excluding carboxylic acids is 1. The lowest BCUT2D eigenvalue weighted by Gasteiger charge is -2.30. The largest absolute Gasteiger partial charge is 0.434 e. The van der Waals surface area contributed by atoms with Gasteiger partial charge in [0.2, 0.25) is 0 Å². The molecule has 1 aliphatic carbocycles. The van der Waals surface area contributed by atoms with Crippen LogP contribution in [0, 0.1) is 6.92 Å². The van der Waals surface area contributed by atoms with Gasteiger partial charge in [-0.05, 0) is 56.9 Å². The van der Waals surface area contributed by atoms with Gasteiger partial charge in [0, 0.05) is 18.3 Å². The number of thiazole rings is 1. The summed E-state index contributed by atoms with van der Waals surface area (Å²) in [6, 6.07) is 10.7. The lowest BCUT2D eigenvalue weighted by Crippen LogP contribution is -2.40. The highest BCUT2D eigenvalue weighted by Crippen LogP contribution is 2.30. The fourth-order valence-electron chi connectivity index (χ4n) is 4.36. The molecule has 1 fully saturated rings. The van der Waals surface area contributed by atoms with Crippen LogP contribution in [-0.2, 0) is 6.18 Å². The molecule has 1 saturated carbocycles. The maximum atomic E-state index is 13.0. The summed E-state index contributed by atoms with van der Waals surface area (Å²) in [5.41, 5.74) is 0.820. The van der Waals surface area contributed by atoms with Crippen LogP contribution in [0.3, 0.4) is 0 Å². The highest BCUT2D eigenvalue weighted by molar-refractivity contribution is 7.18. The Balaban J connectivity index is 0.00000141. The van der Waals surface area contributed by atoms with Crippen LogP contribution in [0.2, 0.25) is 0 Å². The molecule has 10 heteroatoms. The van der Waals surface area contributed by atoms with E-state index in [-0.39, 0.29) is 23.6 Å². The van der Waals surface area contributed by atoms with Crippen LogP contribution in [0.5, 0.6) is 0 Å². The van der Waals surface area contributed by atoms with Crippen molar-refractivity contribution < 1.29 is 18.0 Å². The highest BCUT2D eigenvalue weighted by Gasteiger charge is 2.34. The summed E-state index contributed by atoms with van der Waals surface area (Å²) < 4.78 is 41.5. The van der Waals surface area contributed by atoms with E-state index in [1.807, 2.05) is 39.0 Å². The predicted molar refractivity (Wildman–Crippen MR) is 133 cm³/mol. The van der Waals surface area contributed by atoms with Crippen LogP contribution in [0.4, 0.5) is 19.0 Å². The average molecular weight is 504 g/mol. The fourth-order valence-corrected chi connectivity index (χ4v) is 5.29. The monoisotopic (exact) mass is 503 g/mol. The third-order valence-corrected chi connectivity index (χ3v) is 6.98. The van der Waals surface area contributed by atoms with Crippen molar-refractivity contribution in [2.75, 3.05) is 5.32 Å². The molecule has 1 amide bonds. The van der Waals surface area contributed by atoms with Crippen LogP contribution >= 0.6 is 11.3 Å². The number of nitrogens with one attached hydrogen (secondary N) is 2. The summed E-state index contributed by atoms with van der Waals surface area (Å²) in [7, 11) is 0. The van der Waals surface area contributed by atoms with Crippen LogP contribution in [0.1, 0.15) is 60.6 Å². The minimum Gasteiger partial charge on any atom is -0.368 e. The van der Waals surface area contributed by atoms with Crippen LogP contribution in [-0.4, -0.2) is 32.4 Å². The van der Waals surface area contributed by atoms with Crippen molar-refractivity contribution in [3.05, 3.63) is 58.9 Å². The SMILES string of the molecule is CC.Cc1nc2cccc(C(=O)NC3CCC(Nc4cccc5nc(C(F)(F)F)cn45)CC3)c2s1. The first-order valence-electron chi connectivity index (χ1n) is 11.8. The Hall–Kier alpha value is -3.14. The van der Waals surface area contributed by atoms with Gasteiger partial charge in [0.25, 0.3) is 5.91 Å². The fraction of sp³-hybridized carbons (Fsp3) is 0.400. The second-order valence-corrected chi connectivity index (χ2v) is 9.52. The molecule has 35 heavy (non-hydrogen) atoms. The van der Waals surface area contributed by atoms with E-state index in [1.165, 1.54) is 15.7 Å². The number of hydrogen-bond donors (Lipinski definition) is 2. The molecule has 0 spiro atoms. The smallest absolute Gasteiger partial charge is 0.368 e. The number of halogens is 3. The topological polar surface area (TPSA) is 71.3 Å². The number of pyridine rings is 1. The first kappa shape index (κ1) is 25.0. The Morgan fingerprint density at radius 3 is 2.43 bits per heavy atom. The average Bonchev–Trinajstić information content (AvgIpc) is 3.45. The number of nitrogens with zero attached hydrogens (tertiary/aromatic N) is 3. The lowest BCUT2D eigenvalue weighted by molar-refractivity contribution is -0.140. The molecule has 186 valence electrons. The number of carbonyl (C=O) groups is 1. The second-order valence-electron chi connectivity index (χ2n) is 8.32. The molecule has 6 nitrogen and oxygen atoms in total. The summed E-state index contributed by atoms with van der Waals surface area (Å²) in [6.45, 7) is 5.93. The van der Waals surface area contributed by atoms with Gasteiger partial charge in [0.15, 0.2) is 5.69 Å². The summed E-state index contributed by atoms with van der Waals surface area (Å²) in [6.07, 6.45) is -0.297. The number of alkyl halides is 3. The van der Waals surface area contributed by atoms with Gasteiger partial charge in [0.1, 0.15) is 11.5 Å². The normalized spacial score (nSPS) is 18.2. The van der Waals surface area contributed by atoms with Crippen molar-refractivity contribution in [1.29, 1.82) is 0 Å². The van der Waals surface area contributed by atoms with Gasteiger partial charge in [-0.1, -0.05) is 26.0 Å². The molecule has 1 aromatic carbocycles. The van der Waals surface area contributed by atoms with Gasteiger partial charge in [0.05, 0.1) is 20.8 Å². The Labute approximate surface area is 205 Å². The lowest BCUT2D eigenvalue weighted by atomic mass is 9.91. The van der Waals surface area contributed by atoms with Crippen LogP contribution < -0.4 is 10.6 Å². The Kier molecular flexibility index (Phi) is 7.30. The summed E-state index contributed by atoms with van der Waals surface area (Å²) in [4.78, 5) is 21.0. The van der Waals surface area contributed by atoms with Crippen molar-refractivity contribution in [1.82, 2.24) is 19.7 Å². The molecular formula is C25H28F3N5OS. The van der Waals surface area contributed by atoms with E-state index in [0.29, 0.717) is 11.4 Å². The van der Waals surface area contributed by atoms with Crippen molar-refractivity contribution in [2.24, 2.45) is 0 Å². The van der Waals surface area contributed by atoms with Gasteiger partial charge in [-0.15, -0.1) is 11.3 Å². The third kappa shape index (κ3) is 5.42. The molecule has 5 rings (SSSR count). The zero-order chi connectivity index (χ0) is 25.2. The number of hydrogen-bond acceptors (Lipinski definition) is 5. The number of rotatable bonds is 4. The number of benzene rings is 1. The second kappa shape index (κ2) is 10.2. The van der Waals surface area contributed by atoms with E-state index in [2.05, 4.69) is 20.6 Å². The maximum Gasteiger partial charge on any atom is 0.434 e. The summed E-state index contributed by atoms with van der Waals surface area (Å²) in [5.74, 6) is 0.485. The predicted octanol–water partition coefficient (Wildman–Crippen LogP) is 6.45. The van der Waals surface area contributed by atoms with Crippen LogP contribution in [0.25, 0.3) is 15.9 Å². The van der Waals surface area contributed by atoms with Gasteiger partial charge < -0.3 is 10.6 Å². The van der Waals surface area contributed by atoms with E-state index in [9.17, 15) is 18.0 Å². The van der Waals surface area contributed by atoms with E-state index in [0.717, 1.165) is 47.1 Å². The first-order valence-corrected chi connectivity index (χ1v) is 12.6. The van der Waals surface area contributed by atoms with Crippen molar-refractivity contribution in [2.45, 2.75) is 64.7 Å². The van der Waals surface area contributed by atoms with Crippen molar-refractivity contribution in [3.8, 4) is 0 Å². The van der Waals surface area contributed by atoms with E-state index < -0.39 is 11.9 Å².